The van der Waals surface area contributed by atoms with Crippen molar-refractivity contribution >= 4 is 22.5 Å². The third kappa shape index (κ3) is 3.49. The number of nitrogens with zero attached hydrogens (tertiary/aromatic N) is 6. The lowest BCUT2D eigenvalue weighted by molar-refractivity contribution is -0.0236. The monoisotopic (exact) mass is 448 g/mol. The van der Waals surface area contributed by atoms with Crippen LogP contribution in [0.25, 0.3) is 27.7 Å². The maximum absolute atomic E-state index is 15.3. The first-order valence-corrected chi connectivity index (χ1v) is 9.90. The summed E-state index contributed by atoms with van der Waals surface area (Å²) in [7, 11) is 1.36. The molecule has 1 saturated carbocycles. The minimum atomic E-state index is -2.63. The molecule has 1 aromatic carbocycles. The van der Waals surface area contributed by atoms with Gasteiger partial charge in [-0.05, 0) is 37.5 Å². The number of ether oxygens (including phenoxy) is 1. The van der Waals surface area contributed by atoms with E-state index in [1.54, 1.807) is 13.0 Å². The van der Waals surface area contributed by atoms with Crippen LogP contribution < -0.4 is 10.1 Å². The predicted molar refractivity (Wildman–Crippen MR) is 109 cm³/mol. The van der Waals surface area contributed by atoms with Gasteiger partial charge < -0.3 is 15.2 Å². The molecule has 3 heterocycles. The molecule has 1 aliphatic carbocycles. The zero-order chi connectivity index (χ0) is 23.5. The number of alkyl halides is 2. The van der Waals surface area contributed by atoms with Gasteiger partial charge in [-0.1, -0.05) is 11.3 Å². The largest absolute Gasteiger partial charge is 0.479 e. The van der Waals surface area contributed by atoms with Crippen LogP contribution in [0.1, 0.15) is 21.1 Å². The number of nitrogens with one attached hydrogen (secondary N) is 1. The summed E-state index contributed by atoms with van der Waals surface area (Å²) in [5.41, 5.74) is 0.351. The van der Waals surface area contributed by atoms with E-state index in [2.05, 4.69) is 25.7 Å². The highest BCUT2D eigenvalue weighted by atomic mass is 19.3. The minimum Gasteiger partial charge on any atom is -0.479 e. The Morgan fingerprint density at radius 2 is 2.19 bits per heavy atom. The Kier molecular flexibility index (Phi) is 4.42. The fourth-order valence-corrected chi connectivity index (χ4v) is 4.09. The summed E-state index contributed by atoms with van der Waals surface area (Å²) in [5.74, 6) is -0.701. The van der Waals surface area contributed by atoms with Crippen molar-refractivity contribution in [3.63, 3.8) is 0 Å². The van der Waals surface area contributed by atoms with Gasteiger partial charge in [0.05, 0.1) is 31.3 Å². The average Bonchev–Trinajstić information content (AvgIpc) is 3.24. The molecule has 1 fully saturated rings. The molecule has 3 aromatic heterocycles. The van der Waals surface area contributed by atoms with E-state index >= 15 is 4.39 Å². The summed E-state index contributed by atoms with van der Waals surface area (Å²) < 4.78 is 56.8. The third-order valence-corrected chi connectivity index (χ3v) is 5.49. The molecule has 0 amide bonds. The first-order valence-electron chi connectivity index (χ1n) is 10.4. The van der Waals surface area contributed by atoms with Gasteiger partial charge in [-0.25, -0.2) is 22.4 Å². The van der Waals surface area contributed by atoms with Crippen LogP contribution in [-0.4, -0.2) is 59.9 Å². The summed E-state index contributed by atoms with van der Waals surface area (Å²) in [5, 5.41) is 24.8. The number of benzene rings is 1. The van der Waals surface area contributed by atoms with Crippen molar-refractivity contribution in [3.05, 3.63) is 30.2 Å². The van der Waals surface area contributed by atoms with Crippen molar-refractivity contribution in [1.82, 2.24) is 29.6 Å². The van der Waals surface area contributed by atoms with E-state index in [1.165, 1.54) is 19.2 Å². The highest BCUT2D eigenvalue weighted by Gasteiger charge is 2.38. The van der Waals surface area contributed by atoms with Crippen molar-refractivity contribution in [2.45, 2.75) is 44.4 Å². The lowest BCUT2D eigenvalue weighted by atomic mass is 9.77. The van der Waals surface area contributed by atoms with Crippen LogP contribution in [-0.2, 0) is 6.54 Å². The number of fused-ring (bicyclic) bond motifs is 2. The van der Waals surface area contributed by atoms with Crippen LogP contribution in [0.3, 0.4) is 0 Å². The molecule has 168 valence electrons. The molecular formula is C20H20F3N7O2. The number of anilines is 1. The van der Waals surface area contributed by atoms with Crippen molar-refractivity contribution in [1.29, 1.82) is 0 Å². The van der Waals surface area contributed by atoms with Gasteiger partial charge in [0.25, 0.3) is 6.43 Å². The maximum atomic E-state index is 15.3. The predicted octanol–water partition coefficient (Wildman–Crippen LogP) is 2.88. The number of methoxy groups -OCH3 is 1. The second-order valence-corrected chi connectivity index (χ2v) is 8.12. The molecule has 0 atom stereocenters. The van der Waals surface area contributed by atoms with E-state index < -0.39 is 30.6 Å². The van der Waals surface area contributed by atoms with E-state index in [9.17, 15) is 13.9 Å². The Hall–Kier alpha value is -3.41. The Bertz CT molecular complexity index is 1360. The first-order chi connectivity index (χ1) is 15.7. The highest BCUT2D eigenvalue weighted by molar-refractivity contribution is 5.89. The van der Waals surface area contributed by atoms with Crippen LogP contribution in [0.5, 0.6) is 5.88 Å². The number of aliphatic hydroxyl groups is 1. The van der Waals surface area contributed by atoms with Crippen LogP contribution in [0.15, 0.2) is 24.4 Å². The van der Waals surface area contributed by atoms with Crippen molar-refractivity contribution in [2.75, 3.05) is 12.4 Å². The summed E-state index contributed by atoms with van der Waals surface area (Å²) in [6, 6.07) is 4.51. The van der Waals surface area contributed by atoms with Crippen LogP contribution in [0, 0.1) is 5.82 Å². The lowest BCUT2D eigenvalue weighted by Gasteiger charge is -2.41. The molecule has 0 radical (unpaired) electrons. The number of hydrogen-bond donors (Lipinski definition) is 2. The topological polar surface area (TPSA) is 102 Å². The van der Waals surface area contributed by atoms with Crippen molar-refractivity contribution in [2.24, 2.45) is 0 Å². The van der Waals surface area contributed by atoms with Crippen molar-refractivity contribution < 1.29 is 24.4 Å². The zero-order valence-corrected chi connectivity index (χ0v) is 17.2. The summed E-state index contributed by atoms with van der Waals surface area (Å²) in [6.07, 6.45) is -2.15. The molecule has 32 heavy (non-hydrogen) atoms. The number of halogens is 3. The quantitative estimate of drug-likeness (QED) is 0.468. The van der Waals surface area contributed by atoms with Gasteiger partial charge >= 0.3 is 0 Å². The lowest BCUT2D eigenvalue weighted by Crippen LogP contribution is -2.48. The van der Waals surface area contributed by atoms with Gasteiger partial charge in [-0.3, -0.25) is 0 Å². The van der Waals surface area contributed by atoms with Crippen LogP contribution in [0.4, 0.5) is 19.1 Å². The van der Waals surface area contributed by atoms with E-state index in [1.807, 2.05) is 0 Å². The van der Waals surface area contributed by atoms with E-state index in [0.717, 1.165) is 9.20 Å². The Labute approximate surface area is 181 Å². The second kappa shape index (κ2) is 7.33. The SMILES string of the molecule is [2H]c1c(F)c(-c2ccc3nnn(CC(F)F)c3c2)c2c(OC)nc(NC3CC(C)(O)C3)nn12. The summed E-state index contributed by atoms with van der Waals surface area (Å²) in [4.78, 5) is 4.31. The molecule has 0 saturated heterocycles. The first kappa shape index (κ1) is 19.3. The van der Waals surface area contributed by atoms with Gasteiger partial charge in [-0.2, -0.15) is 4.98 Å². The number of rotatable bonds is 6. The fourth-order valence-electron chi connectivity index (χ4n) is 4.09. The second-order valence-electron chi connectivity index (χ2n) is 8.12. The number of hydrogen-bond acceptors (Lipinski definition) is 7. The Balaban J connectivity index is 1.62. The number of aromatic nitrogens is 6. The normalized spacial score (nSPS) is 21.2. The molecule has 0 aliphatic heterocycles. The Morgan fingerprint density at radius 1 is 1.41 bits per heavy atom. The maximum Gasteiger partial charge on any atom is 0.258 e. The van der Waals surface area contributed by atoms with E-state index in [-0.39, 0.29) is 29.0 Å². The average molecular weight is 448 g/mol. The molecule has 1 aliphatic rings. The van der Waals surface area contributed by atoms with E-state index in [0.29, 0.717) is 29.4 Å². The van der Waals surface area contributed by atoms with Crippen LogP contribution >= 0.6 is 0 Å². The highest BCUT2D eigenvalue weighted by Crippen LogP contribution is 2.37. The summed E-state index contributed by atoms with van der Waals surface area (Å²) >= 11 is 0. The molecule has 0 unspecified atom stereocenters. The molecule has 0 spiro atoms. The summed E-state index contributed by atoms with van der Waals surface area (Å²) in [6.45, 7) is 1.07. The zero-order valence-electron chi connectivity index (χ0n) is 18.2. The van der Waals surface area contributed by atoms with Crippen molar-refractivity contribution in [3.8, 4) is 17.0 Å². The third-order valence-electron chi connectivity index (χ3n) is 5.49. The van der Waals surface area contributed by atoms with Crippen LogP contribution in [0.2, 0.25) is 0 Å². The van der Waals surface area contributed by atoms with Gasteiger partial charge in [0.1, 0.15) is 17.6 Å². The van der Waals surface area contributed by atoms with Gasteiger partial charge in [0, 0.05) is 6.04 Å². The minimum absolute atomic E-state index is 0.00155. The Morgan fingerprint density at radius 3 is 2.88 bits per heavy atom. The molecule has 9 nitrogen and oxygen atoms in total. The molecule has 12 heteroatoms. The standard InChI is InChI=1S/C20H20F3N7O2/c1-20(31)6-11(7-20)24-19-25-18(32-2)17-16(12(21)8-30(17)27-19)10-3-4-13-14(5-10)29(28-26-13)9-15(22)23/h3-5,8,11,15,31H,6-7,9H2,1-2H3,(H,24,27)/i8D. The van der Waals surface area contributed by atoms with Gasteiger partial charge in [-0.15, -0.1) is 10.2 Å². The van der Waals surface area contributed by atoms with Gasteiger partial charge in [0.15, 0.2) is 5.82 Å². The van der Waals surface area contributed by atoms with E-state index in [4.69, 9.17) is 6.11 Å². The molecule has 0 bridgehead atoms. The molecule has 2 N–H and O–H groups in total. The molecule has 4 aromatic rings. The molecular weight excluding hydrogens is 427 g/mol. The van der Waals surface area contributed by atoms with Gasteiger partial charge in [0.2, 0.25) is 11.8 Å². The molecule has 5 rings (SSSR count). The smallest absolute Gasteiger partial charge is 0.258 e. The fraction of sp³-hybridized carbons (Fsp3) is 0.400.